The molecule has 0 radical (unpaired) electrons. The zero-order valence-electron chi connectivity index (χ0n) is 8.98. The fourth-order valence-electron chi connectivity index (χ4n) is 1.62. The predicted molar refractivity (Wildman–Crippen MR) is 76.4 cm³/mol. The average molecular weight is 324 g/mol. The number of benzene rings is 2. The topological polar surface area (TPSA) is 0 Å². The standard InChI is InChI=1S/C13H7Cl4F/c14-6-7-2-1-3-9(13(7)18)8-4-10(15)12(17)11(16)5-8/h1-5H,6H2. The lowest BCUT2D eigenvalue weighted by atomic mass is 10.0. The molecule has 0 bridgehead atoms. The van der Waals surface area contributed by atoms with E-state index in [1.165, 1.54) is 0 Å². The van der Waals surface area contributed by atoms with Gasteiger partial charge in [-0.3, -0.25) is 0 Å². The molecule has 0 saturated carbocycles. The first-order valence-electron chi connectivity index (χ1n) is 5.03. The molecule has 0 aliphatic carbocycles. The molecule has 0 atom stereocenters. The average Bonchev–Trinajstić information content (AvgIpc) is 2.35. The Morgan fingerprint density at radius 1 is 1.00 bits per heavy atom. The summed E-state index contributed by atoms with van der Waals surface area (Å²) in [5, 5.41) is 0.834. The second-order valence-corrected chi connectivity index (χ2v) is 5.13. The predicted octanol–water partition coefficient (Wildman–Crippen LogP) is 6.19. The minimum atomic E-state index is -0.373. The SMILES string of the molecule is Fc1c(CCl)cccc1-c1cc(Cl)c(Cl)c(Cl)c1. The maximum Gasteiger partial charge on any atom is 0.135 e. The highest BCUT2D eigenvalue weighted by Crippen LogP contribution is 2.36. The van der Waals surface area contributed by atoms with Crippen LogP contribution in [0.5, 0.6) is 0 Å². The molecule has 0 amide bonds. The molecular weight excluding hydrogens is 317 g/mol. The molecular formula is C13H7Cl4F. The first-order chi connectivity index (χ1) is 8.54. The van der Waals surface area contributed by atoms with Gasteiger partial charge >= 0.3 is 0 Å². The van der Waals surface area contributed by atoms with Crippen LogP contribution in [0.3, 0.4) is 0 Å². The zero-order chi connectivity index (χ0) is 13.3. The third kappa shape index (κ3) is 2.60. The van der Waals surface area contributed by atoms with Gasteiger partial charge in [0.2, 0.25) is 0 Å². The Hall–Kier alpha value is -0.470. The van der Waals surface area contributed by atoms with Crippen LogP contribution in [-0.4, -0.2) is 0 Å². The van der Waals surface area contributed by atoms with Crippen molar-refractivity contribution in [3.05, 3.63) is 56.8 Å². The van der Waals surface area contributed by atoms with E-state index in [4.69, 9.17) is 46.4 Å². The van der Waals surface area contributed by atoms with Crippen LogP contribution in [0, 0.1) is 5.82 Å². The van der Waals surface area contributed by atoms with Crippen LogP contribution in [0.15, 0.2) is 30.3 Å². The van der Waals surface area contributed by atoms with Crippen LogP contribution in [0.25, 0.3) is 11.1 Å². The molecule has 0 saturated heterocycles. The number of alkyl halides is 1. The molecule has 2 aromatic carbocycles. The molecule has 0 aliphatic heterocycles. The summed E-state index contributed by atoms with van der Waals surface area (Å²) in [4.78, 5) is 0. The van der Waals surface area contributed by atoms with E-state index in [0.717, 1.165) is 0 Å². The van der Waals surface area contributed by atoms with E-state index in [-0.39, 0.29) is 26.8 Å². The molecule has 0 nitrogen and oxygen atoms in total. The highest BCUT2D eigenvalue weighted by atomic mass is 35.5. The van der Waals surface area contributed by atoms with Crippen molar-refractivity contribution in [1.82, 2.24) is 0 Å². The second kappa shape index (κ2) is 5.66. The highest BCUT2D eigenvalue weighted by Gasteiger charge is 2.12. The molecule has 0 aromatic heterocycles. The quantitative estimate of drug-likeness (QED) is 0.456. The van der Waals surface area contributed by atoms with E-state index in [0.29, 0.717) is 16.7 Å². The molecule has 18 heavy (non-hydrogen) atoms. The molecule has 0 N–H and O–H groups in total. The van der Waals surface area contributed by atoms with E-state index in [1.54, 1.807) is 30.3 Å². The molecule has 94 valence electrons. The molecule has 0 unspecified atom stereocenters. The Balaban J connectivity index is 2.62. The first-order valence-corrected chi connectivity index (χ1v) is 6.69. The van der Waals surface area contributed by atoms with Crippen LogP contribution in [0.1, 0.15) is 5.56 Å². The van der Waals surface area contributed by atoms with Gasteiger partial charge in [-0.1, -0.05) is 53.0 Å². The maximum absolute atomic E-state index is 14.1. The van der Waals surface area contributed by atoms with Gasteiger partial charge < -0.3 is 0 Å². The lowest BCUT2D eigenvalue weighted by Crippen LogP contribution is -1.91. The fraction of sp³-hybridized carbons (Fsp3) is 0.0769. The Labute approximate surface area is 124 Å². The van der Waals surface area contributed by atoms with Gasteiger partial charge in [-0.25, -0.2) is 4.39 Å². The van der Waals surface area contributed by atoms with Gasteiger partial charge in [0.15, 0.2) is 0 Å². The summed E-state index contributed by atoms with van der Waals surface area (Å²) in [7, 11) is 0. The van der Waals surface area contributed by atoms with Crippen molar-refractivity contribution >= 4 is 46.4 Å². The number of rotatable bonds is 2. The largest absolute Gasteiger partial charge is 0.206 e. The van der Waals surface area contributed by atoms with Crippen molar-refractivity contribution in [2.45, 2.75) is 5.88 Å². The molecule has 0 aliphatic rings. The fourth-order valence-corrected chi connectivity index (χ4v) is 2.42. The van der Waals surface area contributed by atoms with Crippen molar-refractivity contribution in [3.63, 3.8) is 0 Å². The molecule has 5 heteroatoms. The summed E-state index contributed by atoms with van der Waals surface area (Å²) in [6.45, 7) is 0. The van der Waals surface area contributed by atoms with Gasteiger partial charge in [0.05, 0.1) is 20.9 Å². The summed E-state index contributed by atoms with van der Waals surface area (Å²) in [6, 6.07) is 8.15. The summed E-state index contributed by atoms with van der Waals surface area (Å²) in [5.74, 6) is -0.267. The smallest absolute Gasteiger partial charge is 0.135 e. The Bertz CT molecular complexity index is 573. The minimum absolute atomic E-state index is 0.106. The third-order valence-corrected chi connectivity index (χ3v) is 4.00. The third-order valence-electron chi connectivity index (χ3n) is 2.52. The number of halogens is 5. The summed E-state index contributed by atoms with van der Waals surface area (Å²) < 4.78 is 14.1. The van der Waals surface area contributed by atoms with Gasteiger partial charge in [-0.15, -0.1) is 11.6 Å². The van der Waals surface area contributed by atoms with Crippen LogP contribution < -0.4 is 0 Å². The maximum atomic E-state index is 14.1. The van der Waals surface area contributed by atoms with Crippen molar-refractivity contribution in [3.8, 4) is 11.1 Å². The molecule has 0 spiro atoms. The van der Waals surface area contributed by atoms with Crippen molar-refractivity contribution < 1.29 is 4.39 Å². The Morgan fingerprint density at radius 2 is 1.61 bits per heavy atom. The van der Waals surface area contributed by atoms with E-state index in [1.807, 2.05) is 0 Å². The van der Waals surface area contributed by atoms with Crippen LogP contribution >= 0.6 is 46.4 Å². The molecule has 0 heterocycles. The van der Waals surface area contributed by atoms with E-state index >= 15 is 0 Å². The van der Waals surface area contributed by atoms with Gasteiger partial charge in [-0.2, -0.15) is 0 Å². The van der Waals surface area contributed by atoms with Gasteiger partial charge in [0.1, 0.15) is 5.82 Å². The monoisotopic (exact) mass is 322 g/mol. The van der Waals surface area contributed by atoms with Crippen molar-refractivity contribution in [2.24, 2.45) is 0 Å². The summed E-state index contributed by atoms with van der Waals surface area (Å²) in [5.41, 5.74) is 1.39. The van der Waals surface area contributed by atoms with Crippen LogP contribution in [-0.2, 0) is 5.88 Å². The second-order valence-electron chi connectivity index (χ2n) is 3.67. The van der Waals surface area contributed by atoms with Gasteiger partial charge in [-0.05, 0) is 17.7 Å². The van der Waals surface area contributed by atoms with E-state index in [9.17, 15) is 4.39 Å². The normalized spacial score (nSPS) is 10.7. The van der Waals surface area contributed by atoms with E-state index in [2.05, 4.69) is 0 Å². The summed E-state index contributed by atoms with van der Waals surface area (Å²) >= 11 is 23.4. The Morgan fingerprint density at radius 3 is 2.17 bits per heavy atom. The summed E-state index contributed by atoms with van der Waals surface area (Å²) in [6.07, 6.45) is 0. The highest BCUT2D eigenvalue weighted by molar-refractivity contribution is 6.48. The van der Waals surface area contributed by atoms with Crippen molar-refractivity contribution in [1.29, 1.82) is 0 Å². The lowest BCUT2D eigenvalue weighted by Gasteiger charge is -2.09. The van der Waals surface area contributed by atoms with E-state index < -0.39 is 0 Å². The zero-order valence-corrected chi connectivity index (χ0v) is 12.0. The molecule has 2 aromatic rings. The number of hydrogen-bond acceptors (Lipinski definition) is 0. The van der Waals surface area contributed by atoms with Gasteiger partial charge in [0.25, 0.3) is 0 Å². The minimum Gasteiger partial charge on any atom is -0.206 e. The first kappa shape index (κ1) is 14.0. The number of hydrogen-bond donors (Lipinski definition) is 0. The molecule has 2 rings (SSSR count). The lowest BCUT2D eigenvalue weighted by molar-refractivity contribution is 0.620. The van der Waals surface area contributed by atoms with Crippen LogP contribution in [0.4, 0.5) is 4.39 Å². The van der Waals surface area contributed by atoms with Crippen molar-refractivity contribution in [2.75, 3.05) is 0 Å². The van der Waals surface area contributed by atoms with Gasteiger partial charge in [0, 0.05) is 11.1 Å². The van der Waals surface area contributed by atoms with Crippen LogP contribution in [0.2, 0.25) is 15.1 Å². The Kier molecular flexibility index (Phi) is 4.39. The molecule has 0 fully saturated rings.